The van der Waals surface area contributed by atoms with E-state index >= 15 is 0 Å². The van der Waals surface area contributed by atoms with Gasteiger partial charge in [-0.05, 0) is 34.1 Å². The average Bonchev–Trinajstić information content (AvgIpc) is 2.00. The van der Waals surface area contributed by atoms with Crippen LogP contribution >= 0.6 is 11.6 Å². The molecule has 0 radical (unpaired) electrons. The third-order valence-electron chi connectivity index (χ3n) is 1.97. The van der Waals surface area contributed by atoms with Crippen molar-refractivity contribution in [1.82, 2.24) is 0 Å². The molecule has 0 bridgehead atoms. The summed E-state index contributed by atoms with van der Waals surface area (Å²) in [6, 6.07) is 0. The lowest BCUT2D eigenvalue weighted by molar-refractivity contribution is -0.165. The zero-order chi connectivity index (χ0) is 10.7. The zero-order valence-electron chi connectivity index (χ0n) is 9.11. The van der Waals surface area contributed by atoms with Crippen molar-refractivity contribution in [2.75, 3.05) is 5.88 Å². The first kappa shape index (κ1) is 12.8. The molecule has 13 heavy (non-hydrogen) atoms. The van der Waals surface area contributed by atoms with Crippen molar-refractivity contribution < 1.29 is 9.53 Å². The first-order valence-electron chi connectivity index (χ1n) is 4.54. The van der Waals surface area contributed by atoms with Gasteiger partial charge in [0.25, 0.3) is 0 Å². The minimum absolute atomic E-state index is 0.211. The highest BCUT2D eigenvalue weighted by Crippen LogP contribution is 2.26. The lowest BCUT2D eigenvalue weighted by atomic mass is 9.90. The molecule has 0 amide bonds. The van der Waals surface area contributed by atoms with Crippen LogP contribution in [0.5, 0.6) is 0 Å². The van der Waals surface area contributed by atoms with E-state index in [0.29, 0.717) is 12.3 Å². The van der Waals surface area contributed by atoms with Crippen LogP contribution in [0, 0.1) is 5.41 Å². The second kappa shape index (κ2) is 4.32. The SMILES string of the molecule is CCC(C)(CCl)C(=O)OC(C)(C)C. The minimum Gasteiger partial charge on any atom is -0.460 e. The van der Waals surface area contributed by atoms with E-state index in [-0.39, 0.29) is 5.97 Å². The molecule has 0 fully saturated rings. The Bertz CT molecular complexity index is 178. The highest BCUT2D eigenvalue weighted by molar-refractivity contribution is 6.19. The van der Waals surface area contributed by atoms with Gasteiger partial charge in [-0.1, -0.05) is 6.92 Å². The summed E-state index contributed by atoms with van der Waals surface area (Å²) in [6.45, 7) is 9.33. The number of halogens is 1. The monoisotopic (exact) mass is 206 g/mol. The van der Waals surface area contributed by atoms with Crippen LogP contribution in [0.25, 0.3) is 0 Å². The maximum atomic E-state index is 11.6. The van der Waals surface area contributed by atoms with Gasteiger partial charge in [-0.3, -0.25) is 4.79 Å². The Balaban J connectivity index is 4.41. The second-order valence-electron chi connectivity index (χ2n) is 4.55. The first-order chi connectivity index (χ1) is 5.75. The molecular weight excluding hydrogens is 188 g/mol. The molecule has 0 aromatic carbocycles. The summed E-state index contributed by atoms with van der Waals surface area (Å²) in [5.74, 6) is 0.0933. The topological polar surface area (TPSA) is 26.3 Å². The fourth-order valence-electron chi connectivity index (χ4n) is 0.695. The van der Waals surface area contributed by atoms with Crippen molar-refractivity contribution in [3.05, 3.63) is 0 Å². The van der Waals surface area contributed by atoms with Crippen LogP contribution < -0.4 is 0 Å². The molecule has 1 unspecified atom stereocenters. The van der Waals surface area contributed by atoms with Gasteiger partial charge < -0.3 is 4.74 Å². The number of hydrogen-bond donors (Lipinski definition) is 0. The standard InChI is InChI=1S/C10H19ClO2/c1-6-10(5,7-11)8(12)13-9(2,3)4/h6-7H2,1-5H3. The van der Waals surface area contributed by atoms with Crippen LogP contribution in [0.2, 0.25) is 0 Å². The van der Waals surface area contributed by atoms with E-state index in [1.54, 1.807) is 0 Å². The predicted octanol–water partition coefficient (Wildman–Crippen LogP) is 2.98. The Labute approximate surface area is 85.6 Å². The van der Waals surface area contributed by atoms with Crippen LogP contribution in [0.3, 0.4) is 0 Å². The van der Waals surface area contributed by atoms with Gasteiger partial charge in [0.1, 0.15) is 5.60 Å². The van der Waals surface area contributed by atoms with E-state index in [1.807, 2.05) is 34.6 Å². The fraction of sp³-hybridized carbons (Fsp3) is 0.900. The Morgan fingerprint density at radius 3 is 2.00 bits per heavy atom. The van der Waals surface area contributed by atoms with Crippen molar-refractivity contribution in [2.45, 2.75) is 46.6 Å². The van der Waals surface area contributed by atoms with Crippen LogP contribution in [0.15, 0.2) is 0 Å². The largest absolute Gasteiger partial charge is 0.460 e. The van der Waals surface area contributed by atoms with Crippen LogP contribution in [-0.4, -0.2) is 17.5 Å². The summed E-state index contributed by atoms with van der Waals surface area (Å²) in [6.07, 6.45) is 0.700. The molecule has 2 nitrogen and oxygen atoms in total. The lowest BCUT2D eigenvalue weighted by Crippen LogP contribution is -2.36. The van der Waals surface area contributed by atoms with E-state index in [9.17, 15) is 4.79 Å². The van der Waals surface area contributed by atoms with Crippen LogP contribution in [0.1, 0.15) is 41.0 Å². The molecule has 3 heteroatoms. The molecule has 0 aromatic rings. The van der Waals surface area contributed by atoms with Crippen molar-refractivity contribution in [3.8, 4) is 0 Å². The molecule has 0 aliphatic heterocycles. The highest BCUT2D eigenvalue weighted by Gasteiger charge is 2.34. The van der Waals surface area contributed by atoms with Crippen molar-refractivity contribution in [1.29, 1.82) is 0 Å². The number of carbonyl (C=O) groups is 1. The Morgan fingerprint density at radius 2 is 1.77 bits per heavy atom. The van der Waals surface area contributed by atoms with Gasteiger partial charge in [-0.2, -0.15) is 0 Å². The Kier molecular flexibility index (Phi) is 4.24. The average molecular weight is 207 g/mol. The third kappa shape index (κ3) is 3.99. The number of rotatable bonds is 3. The molecule has 78 valence electrons. The number of ether oxygens (including phenoxy) is 1. The molecule has 0 rings (SSSR count). The predicted molar refractivity (Wildman–Crippen MR) is 55.0 cm³/mol. The highest BCUT2D eigenvalue weighted by atomic mass is 35.5. The van der Waals surface area contributed by atoms with E-state index in [1.165, 1.54) is 0 Å². The first-order valence-corrected chi connectivity index (χ1v) is 5.08. The van der Waals surface area contributed by atoms with Gasteiger partial charge >= 0.3 is 5.97 Å². The molecule has 0 spiro atoms. The normalized spacial score (nSPS) is 16.5. The molecule has 0 N–H and O–H groups in total. The maximum Gasteiger partial charge on any atom is 0.313 e. The van der Waals surface area contributed by atoms with Gasteiger partial charge in [-0.15, -0.1) is 11.6 Å². The van der Waals surface area contributed by atoms with E-state index < -0.39 is 11.0 Å². The Morgan fingerprint density at radius 1 is 1.31 bits per heavy atom. The fourth-order valence-corrected chi connectivity index (χ4v) is 0.993. The van der Waals surface area contributed by atoms with E-state index in [2.05, 4.69) is 0 Å². The molecule has 0 saturated carbocycles. The second-order valence-corrected chi connectivity index (χ2v) is 4.82. The van der Waals surface area contributed by atoms with Gasteiger partial charge in [0, 0.05) is 5.88 Å². The number of hydrogen-bond acceptors (Lipinski definition) is 2. The van der Waals surface area contributed by atoms with Gasteiger partial charge in [0.15, 0.2) is 0 Å². The van der Waals surface area contributed by atoms with Gasteiger partial charge in [-0.25, -0.2) is 0 Å². The van der Waals surface area contributed by atoms with Crippen LogP contribution in [0.4, 0.5) is 0 Å². The molecule has 0 saturated heterocycles. The molecule has 0 heterocycles. The maximum absolute atomic E-state index is 11.6. The number of carbonyl (C=O) groups excluding carboxylic acids is 1. The third-order valence-corrected chi connectivity index (χ3v) is 2.56. The zero-order valence-corrected chi connectivity index (χ0v) is 9.86. The van der Waals surface area contributed by atoms with Gasteiger partial charge in [0.05, 0.1) is 5.41 Å². The summed E-state index contributed by atoms with van der Waals surface area (Å²) >= 11 is 5.73. The molecule has 1 atom stereocenters. The minimum atomic E-state index is -0.547. The quantitative estimate of drug-likeness (QED) is 0.524. The molecule has 0 aromatic heterocycles. The summed E-state index contributed by atoms with van der Waals surface area (Å²) < 4.78 is 5.26. The summed E-state index contributed by atoms with van der Waals surface area (Å²) in [5, 5.41) is 0. The van der Waals surface area contributed by atoms with Crippen molar-refractivity contribution >= 4 is 17.6 Å². The van der Waals surface area contributed by atoms with Crippen molar-refractivity contribution in [2.24, 2.45) is 5.41 Å². The van der Waals surface area contributed by atoms with Crippen LogP contribution in [-0.2, 0) is 9.53 Å². The number of alkyl halides is 1. The Hall–Kier alpha value is -0.240. The number of esters is 1. The smallest absolute Gasteiger partial charge is 0.313 e. The molecular formula is C10H19ClO2. The lowest BCUT2D eigenvalue weighted by Gasteiger charge is -2.28. The summed E-state index contributed by atoms with van der Waals surface area (Å²) in [4.78, 5) is 11.6. The van der Waals surface area contributed by atoms with Gasteiger partial charge in [0.2, 0.25) is 0 Å². The van der Waals surface area contributed by atoms with E-state index in [0.717, 1.165) is 0 Å². The van der Waals surface area contributed by atoms with E-state index in [4.69, 9.17) is 16.3 Å². The molecule has 0 aliphatic rings. The summed E-state index contributed by atoms with van der Waals surface area (Å²) in [7, 11) is 0. The molecule has 0 aliphatic carbocycles. The summed E-state index contributed by atoms with van der Waals surface area (Å²) in [5.41, 5.74) is -0.978. The van der Waals surface area contributed by atoms with Crippen molar-refractivity contribution in [3.63, 3.8) is 0 Å².